The van der Waals surface area contributed by atoms with Gasteiger partial charge in [-0.05, 0) is 51.3 Å². The fourth-order valence-electron chi connectivity index (χ4n) is 4.40. The van der Waals surface area contributed by atoms with Crippen LogP contribution < -0.4 is 5.56 Å². The molecule has 1 fully saturated rings. The molecule has 4 heterocycles. The van der Waals surface area contributed by atoms with Crippen molar-refractivity contribution in [2.45, 2.75) is 39.5 Å². The number of aromatic nitrogens is 4. The summed E-state index contributed by atoms with van der Waals surface area (Å²) in [6.07, 6.45) is 3.43. The Bertz CT molecular complexity index is 1410. The molecule has 0 bridgehead atoms. The van der Waals surface area contributed by atoms with E-state index >= 15 is 0 Å². The highest BCUT2D eigenvalue weighted by atomic mass is 35.5. The van der Waals surface area contributed by atoms with Crippen molar-refractivity contribution in [1.29, 1.82) is 0 Å². The lowest BCUT2D eigenvalue weighted by Gasteiger charge is -2.26. The standard InChI is InChI=1S/C24H24ClN5O2S/c1-15-12-19(27-30(15)20-9-5-4-8-18(20)25)22-16(2)26-24-29(23(22)32)17(14-33-24)13-21(31)28-10-6-3-7-11-28/h4-5,8-9,12,14H,3,6-7,10-11,13H2,1-2H3. The van der Waals surface area contributed by atoms with Crippen molar-refractivity contribution in [3.8, 4) is 16.9 Å². The van der Waals surface area contributed by atoms with Crippen molar-refractivity contribution in [2.75, 3.05) is 13.1 Å². The third-order valence-electron chi connectivity index (χ3n) is 6.09. The molecule has 1 saturated heterocycles. The van der Waals surface area contributed by atoms with Gasteiger partial charge in [0.1, 0.15) is 5.69 Å². The van der Waals surface area contributed by atoms with Gasteiger partial charge in [-0.2, -0.15) is 5.10 Å². The predicted octanol–water partition coefficient (Wildman–Crippen LogP) is 4.43. The molecule has 0 atom stereocenters. The zero-order valence-electron chi connectivity index (χ0n) is 18.5. The van der Waals surface area contributed by atoms with Gasteiger partial charge in [0, 0.05) is 29.9 Å². The van der Waals surface area contributed by atoms with Crippen LogP contribution in [0.15, 0.2) is 40.5 Å². The van der Waals surface area contributed by atoms with E-state index in [1.54, 1.807) is 9.08 Å². The zero-order valence-corrected chi connectivity index (χ0v) is 20.1. The van der Waals surface area contributed by atoms with Gasteiger partial charge in [0.2, 0.25) is 5.91 Å². The van der Waals surface area contributed by atoms with Crippen LogP contribution in [0, 0.1) is 13.8 Å². The molecule has 0 saturated carbocycles. The number of rotatable bonds is 4. The molecular weight excluding hydrogens is 458 g/mol. The lowest BCUT2D eigenvalue weighted by atomic mass is 10.1. The van der Waals surface area contributed by atoms with Crippen molar-refractivity contribution in [3.63, 3.8) is 0 Å². The number of piperidine rings is 1. The fourth-order valence-corrected chi connectivity index (χ4v) is 5.54. The molecule has 7 nitrogen and oxygen atoms in total. The van der Waals surface area contributed by atoms with E-state index in [0.29, 0.717) is 32.6 Å². The molecule has 0 aliphatic carbocycles. The summed E-state index contributed by atoms with van der Waals surface area (Å²) in [5, 5.41) is 7.14. The number of hydrogen-bond donors (Lipinski definition) is 0. The normalized spacial score (nSPS) is 14.2. The highest BCUT2D eigenvalue weighted by Gasteiger charge is 2.22. The molecule has 1 amide bonds. The van der Waals surface area contributed by atoms with E-state index < -0.39 is 0 Å². The van der Waals surface area contributed by atoms with Crippen molar-refractivity contribution in [1.82, 2.24) is 24.1 Å². The first-order valence-electron chi connectivity index (χ1n) is 11.0. The molecule has 0 N–H and O–H groups in total. The van der Waals surface area contributed by atoms with E-state index in [0.717, 1.165) is 43.7 Å². The molecule has 4 aromatic rings. The van der Waals surface area contributed by atoms with E-state index in [-0.39, 0.29) is 17.9 Å². The molecule has 5 rings (SSSR count). The number of fused-ring (bicyclic) bond motifs is 1. The molecule has 1 aliphatic rings. The van der Waals surface area contributed by atoms with E-state index in [9.17, 15) is 9.59 Å². The van der Waals surface area contributed by atoms with E-state index in [4.69, 9.17) is 16.7 Å². The summed E-state index contributed by atoms with van der Waals surface area (Å²) in [7, 11) is 0. The fraction of sp³-hybridized carbons (Fsp3) is 0.333. The molecule has 0 unspecified atom stereocenters. The molecule has 3 aromatic heterocycles. The molecule has 0 spiro atoms. The number of carbonyl (C=O) groups excluding carboxylic acids is 1. The van der Waals surface area contributed by atoms with Gasteiger partial charge in [0.25, 0.3) is 5.56 Å². The first-order valence-corrected chi connectivity index (χ1v) is 12.3. The minimum Gasteiger partial charge on any atom is -0.342 e. The highest BCUT2D eigenvalue weighted by molar-refractivity contribution is 7.15. The Labute approximate surface area is 200 Å². The maximum Gasteiger partial charge on any atom is 0.268 e. The van der Waals surface area contributed by atoms with Crippen LogP contribution in [0.4, 0.5) is 0 Å². The number of hydrogen-bond acceptors (Lipinski definition) is 5. The van der Waals surface area contributed by atoms with Crippen LogP contribution in [0.5, 0.6) is 0 Å². The number of halogens is 1. The Kier molecular flexibility index (Phi) is 5.80. The second-order valence-corrected chi connectivity index (χ2v) is 9.62. The summed E-state index contributed by atoms with van der Waals surface area (Å²) < 4.78 is 3.30. The third kappa shape index (κ3) is 3.98. The molecule has 33 heavy (non-hydrogen) atoms. The lowest BCUT2D eigenvalue weighted by Crippen LogP contribution is -2.37. The minimum absolute atomic E-state index is 0.0577. The topological polar surface area (TPSA) is 72.5 Å². The van der Waals surface area contributed by atoms with Crippen molar-refractivity contribution >= 4 is 33.8 Å². The van der Waals surface area contributed by atoms with Crippen LogP contribution in [-0.4, -0.2) is 43.1 Å². The SMILES string of the molecule is Cc1nc2scc(CC(=O)N3CCCCC3)n2c(=O)c1-c1cc(C)n(-c2ccccc2Cl)n1. The molecular formula is C24H24ClN5O2S. The Balaban J connectivity index is 1.57. The lowest BCUT2D eigenvalue weighted by molar-refractivity contribution is -0.131. The van der Waals surface area contributed by atoms with Gasteiger partial charge in [-0.25, -0.2) is 9.67 Å². The summed E-state index contributed by atoms with van der Waals surface area (Å²) in [4.78, 5) is 33.6. The quantitative estimate of drug-likeness (QED) is 0.432. The van der Waals surface area contributed by atoms with Gasteiger partial charge in [-0.1, -0.05) is 23.7 Å². The number of benzene rings is 1. The molecule has 170 valence electrons. The first kappa shape index (κ1) is 21.9. The van der Waals surface area contributed by atoms with Gasteiger partial charge in [-0.3, -0.25) is 14.0 Å². The number of aryl methyl sites for hydroxylation is 2. The Hall–Kier alpha value is -2.97. The predicted molar refractivity (Wildman–Crippen MR) is 131 cm³/mol. The number of para-hydroxylation sites is 1. The average Bonchev–Trinajstić information content (AvgIpc) is 3.38. The Morgan fingerprint density at radius 2 is 1.91 bits per heavy atom. The van der Waals surface area contributed by atoms with E-state index in [1.165, 1.54) is 11.3 Å². The van der Waals surface area contributed by atoms with Gasteiger partial charge in [0.15, 0.2) is 4.96 Å². The number of nitrogens with zero attached hydrogens (tertiary/aromatic N) is 5. The number of likely N-dealkylation sites (tertiary alicyclic amines) is 1. The summed E-state index contributed by atoms with van der Waals surface area (Å²) in [5.41, 5.74) is 3.66. The molecule has 0 radical (unpaired) electrons. The highest BCUT2D eigenvalue weighted by Crippen LogP contribution is 2.26. The van der Waals surface area contributed by atoms with Crippen LogP contribution in [0.1, 0.15) is 36.3 Å². The Morgan fingerprint density at radius 1 is 1.15 bits per heavy atom. The smallest absolute Gasteiger partial charge is 0.268 e. The Morgan fingerprint density at radius 3 is 2.67 bits per heavy atom. The average molecular weight is 482 g/mol. The van der Waals surface area contributed by atoms with Crippen molar-refractivity contribution in [3.05, 3.63) is 68.2 Å². The second-order valence-electron chi connectivity index (χ2n) is 8.37. The van der Waals surface area contributed by atoms with Crippen LogP contribution >= 0.6 is 22.9 Å². The summed E-state index contributed by atoms with van der Waals surface area (Å²) >= 11 is 7.75. The zero-order chi connectivity index (χ0) is 23.1. The van der Waals surface area contributed by atoms with Crippen molar-refractivity contribution in [2.24, 2.45) is 0 Å². The largest absolute Gasteiger partial charge is 0.342 e. The third-order valence-corrected chi connectivity index (χ3v) is 7.28. The van der Waals surface area contributed by atoms with Gasteiger partial charge in [-0.15, -0.1) is 11.3 Å². The summed E-state index contributed by atoms with van der Waals surface area (Å²) in [6, 6.07) is 9.32. The maximum absolute atomic E-state index is 13.6. The number of carbonyl (C=O) groups is 1. The molecule has 1 aromatic carbocycles. The molecule has 9 heteroatoms. The van der Waals surface area contributed by atoms with Crippen LogP contribution in [-0.2, 0) is 11.2 Å². The van der Waals surface area contributed by atoms with Crippen LogP contribution in [0.2, 0.25) is 5.02 Å². The monoisotopic (exact) mass is 481 g/mol. The second kappa shape index (κ2) is 8.76. The number of amides is 1. The van der Waals surface area contributed by atoms with Gasteiger partial charge >= 0.3 is 0 Å². The first-order chi connectivity index (χ1) is 15.9. The summed E-state index contributed by atoms with van der Waals surface area (Å²) in [5.74, 6) is 0.0577. The van der Waals surface area contributed by atoms with Crippen LogP contribution in [0.25, 0.3) is 21.9 Å². The summed E-state index contributed by atoms with van der Waals surface area (Å²) in [6.45, 7) is 5.32. The molecule has 1 aliphatic heterocycles. The maximum atomic E-state index is 13.6. The van der Waals surface area contributed by atoms with Gasteiger partial charge < -0.3 is 4.90 Å². The van der Waals surface area contributed by atoms with E-state index in [2.05, 4.69) is 4.98 Å². The number of thiazole rings is 1. The minimum atomic E-state index is -0.205. The van der Waals surface area contributed by atoms with Gasteiger partial charge in [0.05, 0.1) is 28.4 Å². The van der Waals surface area contributed by atoms with Crippen LogP contribution in [0.3, 0.4) is 0 Å². The van der Waals surface area contributed by atoms with Crippen molar-refractivity contribution < 1.29 is 4.79 Å². The van der Waals surface area contributed by atoms with E-state index in [1.807, 2.05) is 54.5 Å².